The molecule has 3 rings (SSSR count). The van der Waals surface area contributed by atoms with Crippen LogP contribution in [0.15, 0.2) is 58.2 Å². The lowest BCUT2D eigenvalue weighted by molar-refractivity contribution is -0.115. The van der Waals surface area contributed by atoms with Crippen LogP contribution in [0.5, 0.6) is 0 Å². The number of fused-ring (bicyclic) bond motifs is 1. The van der Waals surface area contributed by atoms with E-state index >= 15 is 0 Å². The number of primary amides is 1. The van der Waals surface area contributed by atoms with Crippen molar-refractivity contribution in [2.45, 2.75) is 24.8 Å². The van der Waals surface area contributed by atoms with Crippen molar-refractivity contribution in [3.05, 3.63) is 64.6 Å². The first kappa shape index (κ1) is 19.6. The van der Waals surface area contributed by atoms with Gasteiger partial charge >= 0.3 is 0 Å². The molecule has 0 aliphatic carbocycles. The van der Waals surface area contributed by atoms with Gasteiger partial charge in [0.2, 0.25) is 5.91 Å². The van der Waals surface area contributed by atoms with Crippen LogP contribution in [-0.2, 0) is 4.79 Å². The summed E-state index contributed by atoms with van der Waals surface area (Å²) >= 11 is 1.24. The largest absolute Gasteiger partial charge is 0.369 e. The maximum absolute atomic E-state index is 13.0. The number of hydrogen-bond acceptors (Lipinski definition) is 5. The predicted octanol–water partition coefficient (Wildman–Crippen LogP) is 2.81. The van der Waals surface area contributed by atoms with Crippen molar-refractivity contribution in [2.24, 2.45) is 5.73 Å². The van der Waals surface area contributed by atoms with Gasteiger partial charge in [-0.05, 0) is 32.0 Å². The van der Waals surface area contributed by atoms with Gasteiger partial charge < -0.3 is 11.1 Å². The molecule has 1 heterocycles. The van der Waals surface area contributed by atoms with Crippen molar-refractivity contribution in [3.8, 4) is 0 Å². The summed E-state index contributed by atoms with van der Waals surface area (Å²) in [4.78, 5) is 37.4. The fourth-order valence-corrected chi connectivity index (χ4v) is 3.50. The van der Waals surface area contributed by atoms with Crippen molar-refractivity contribution >= 4 is 40.0 Å². The Labute approximate surface area is 165 Å². The van der Waals surface area contributed by atoms with Gasteiger partial charge in [-0.25, -0.2) is 4.68 Å². The van der Waals surface area contributed by atoms with Crippen molar-refractivity contribution < 1.29 is 9.59 Å². The standard InChI is InChI=1S/C20H20N4O3S/c1-12(2)24-20(27)14-8-4-3-7-13(14)18(23-24)19(26)22-15-9-5-6-10-16(15)28-11-17(21)25/h3-10,12H,11H2,1-2H3,(H2,21,25)(H,22,26). The molecule has 0 spiro atoms. The van der Waals surface area contributed by atoms with Gasteiger partial charge in [0.05, 0.1) is 22.9 Å². The Morgan fingerprint density at radius 2 is 1.75 bits per heavy atom. The zero-order chi connectivity index (χ0) is 20.3. The zero-order valence-corrected chi connectivity index (χ0v) is 16.3. The zero-order valence-electron chi connectivity index (χ0n) is 15.5. The maximum Gasteiger partial charge on any atom is 0.276 e. The number of carbonyl (C=O) groups is 2. The molecule has 1 aromatic heterocycles. The average Bonchev–Trinajstić information content (AvgIpc) is 2.67. The van der Waals surface area contributed by atoms with Gasteiger partial charge in [0.25, 0.3) is 11.5 Å². The van der Waals surface area contributed by atoms with E-state index in [0.29, 0.717) is 16.5 Å². The van der Waals surface area contributed by atoms with Gasteiger partial charge in [-0.2, -0.15) is 5.10 Å². The van der Waals surface area contributed by atoms with Crippen LogP contribution in [0.2, 0.25) is 0 Å². The second-order valence-electron chi connectivity index (χ2n) is 6.44. The second-order valence-corrected chi connectivity index (χ2v) is 7.46. The quantitative estimate of drug-likeness (QED) is 0.623. The highest BCUT2D eigenvalue weighted by molar-refractivity contribution is 8.00. The van der Waals surface area contributed by atoms with Crippen LogP contribution in [0.4, 0.5) is 5.69 Å². The number of nitrogens with two attached hydrogens (primary N) is 1. The summed E-state index contributed by atoms with van der Waals surface area (Å²) in [6.45, 7) is 3.67. The van der Waals surface area contributed by atoms with Gasteiger partial charge in [-0.1, -0.05) is 30.3 Å². The Morgan fingerprint density at radius 3 is 2.43 bits per heavy atom. The average molecular weight is 396 g/mol. The summed E-state index contributed by atoms with van der Waals surface area (Å²) in [6, 6.07) is 13.8. The number of para-hydroxylation sites is 1. The third kappa shape index (κ3) is 4.07. The molecule has 7 nitrogen and oxygen atoms in total. The molecule has 3 aromatic rings. The maximum atomic E-state index is 13.0. The minimum atomic E-state index is -0.442. The molecule has 8 heteroatoms. The molecule has 0 saturated carbocycles. The second kappa shape index (κ2) is 8.26. The van der Waals surface area contributed by atoms with E-state index in [1.165, 1.54) is 16.4 Å². The van der Waals surface area contributed by atoms with Gasteiger partial charge in [0.1, 0.15) is 0 Å². The lowest BCUT2D eigenvalue weighted by Gasteiger charge is -2.14. The van der Waals surface area contributed by atoms with Crippen LogP contribution < -0.4 is 16.6 Å². The molecular weight excluding hydrogens is 376 g/mol. The monoisotopic (exact) mass is 396 g/mol. The van der Waals surface area contributed by atoms with Crippen LogP contribution in [-0.4, -0.2) is 27.3 Å². The first-order valence-electron chi connectivity index (χ1n) is 8.71. The molecule has 0 unspecified atom stereocenters. The minimum absolute atomic E-state index is 0.103. The Balaban J connectivity index is 2.03. The van der Waals surface area contributed by atoms with E-state index in [2.05, 4.69) is 10.4 Å². The third-order valence-electron chi connectivity index (χ3n) is 4.04. The van der Waals surface area contributed by atoms with Gasteiger partial charge in [0, 0.05) is 10.3 Å². The number of anilines is 1. The van der Waals surface area contributed by atoms with E-state index in [-0.39, 0.29) is 23.0 Å². The molecule has 0 fully saturated rings. The molecule has 2 amide bonds. The summed E-state index contributed by atoms with van der Waals surface area (Å²) < 4.78 is 1.31. The van der Waals surface area contributed by atoms with Crippen LogP contribution in [0.3, 0.4) is 0 Å². The molecule has 0 bridgehead atoms. The molecular formula is C20H20N4O3S. The number of nitrogens with one attached hydrogen (secondary N) is 1. The molecule has 28 heavy (non-hydrogen) atoms. The lowest BCUT2D eigenvalue weighted by Crippen LogP contribution is -2.29. The number of nitrogens with zero attached hydrogens (tertiary/aromatic N) is 2. The number of carbonyl (C=O) groups excluding carboxylic acids is 2. The van der Waals surface area contributed by atoms with E-state index in [1.54, 1.807) is 42.5 Å². The Morgan fingerprint density at radius 1 is 1.11 bits per heavy atom. The molecule has 2 aromatic carbocycles. The summed E-state index contributed by atoms with van der Waals surface area (Å²) in [6.07, 6.45) is 0. The summed E-state index contributed by atoms with van der Waals surface area (Å²) in [5.74, 6) is -0.771. The predicted molar refractivity (Wildman–Crippen MR) is 111 cm³/mol. The number of amides is 2. The lowest BCUT2D eigenvalue weighted by atomic mass is 10.1. The molecule has 0 atom stereocenters. The van der Waals surface area contributed by atoms with E-state index < -0.39 is 11.8 Å². The Hall–Kier alpha value is -3.13. The van der Waals surface area contributed by atoms with Crippen molar-refractivity contribution in [2.75, 3.05) is 11.1 Å². The number of benzene rings is 2. The van der Waals surface area contributed by atoms with Crippen LogP contribution in [0, 0.1) is 0 Å². The first-order chi connectivity index (χ1) is 13.4. The highest BCUT2D eigenvalue weighted by Crippen LogP contribution is 2.27. The Bertz CT molecular complexity index is 1110. The normalized spacial score (nSPS) is 11.0. The van der Waals surface area contributed by atoms with E-state index in [1.807, 2.05) is 19.9 Å². The molecule has 3 N–H and O–H groups in total. The first-order valence-corrected chi connectivity index (χ1v) is 9.70. The van der Waals surface area contributed by atoms with Gasteiger partial charge in [-0.3, -0.25) is 14.4 Å². The molecule has 0 aliphatic heterocycles. The van der Waals surface area contributed by atoms with Crippen molar-refractivity contribution in [3.63, 3.8) is 0 Å². The summed E-state index contributed by atoms with van der Waals surface area (Å²) in [5, 5.41) is 8.08. The smallest absolute Gasteiger partial charge is 0.276 e. The van der Waals surface area contributed by atoms with E-state index in [4.69, 9.17) is 5.73 Å². The van der Waals surface area contributed by atoms with Gasteiger partial charge in [-0.15, -0.1) is 11.8 Å². The number of hydrogen-bond donors (Lipinski definition) is 2. The molecule has 144 valence electrons. The van der Waals surface area contributed by atoms with Crippen LogP contribution in [0.25, 0.3) is 10.8 Å². The molecule has 0 radical (unpaired) electrons. The molecule has 0 saturated heterocycles. The number of aromatic nitrogens is 2. The fourth-order valence-electron chi connectivity index (χ4n) is 2.75. The SMILES string of the molecule is CC(C)n1nc(C(=O)Nc2ccccc2SCC(N)=O)c2ccccc2c1=O. The van der Waals surface area contributed by atoms with Crippen molar-refractivity contribution in [1.82, 2.24) is 9.78 Å². The molecule has 0 aliphatic rings. The van der Waals surface area contributed by atoms with E-state index in [9.17, 15) is 14.4 Å². The highest BCUT2D eigenvalue weighted by atomic mass is 32.2. The highest BCUT2D eigenvalue weighted by Gasteiger charge is 2.19. The summed E-state index contributed by atoms with van der Waals surface area (Å²) in [5.41, 5.74) is 5.69. The third-order valence-corrected chi connectivity index (χ3v) is 5.13. The Kier molecular flexibility index (Phi) is 5.79. The fraction of sp³-hybridized carbons (Fsp3) is 0.200. The van der Waals surface area contributed by atoms with Crippen LogP contribution >= 0.6 is 11.8 Å². The topological polar surface area (TPSA) is 107 Å². The van der Waals surface area contributed by atoms with Crippen molar-refractivity contribution in [1.29, 1.82) is 0 Å². The van der Waals surface area contributed by atoms with E-state index in [0.717, 1.165) is 4.90 Å². The van der Waals surface area contributed by atoms with Gasteiger partial charge in [0.15, 0.2) is 5.69 Å². The summed E-state index contributed by atoms with van der Waals surface area (Å²) in [7, 11) is 0. The number of thioether (sulfide) groups is 1. The van der Waals surface area contributed by atoms with Crippen LogP contribution in [0.1, 0.15) is 30.4 Å². The minimum Gasteiger partial charge on any atom is -0.369 e. The number of rotatable bonds is 6.